The maximum atomic E-state index is 11.9. The van der Waals surface area contributed by atoms with Gasteiger partial charge in [0.25, 0.3) is 5.91 Å². The number of hydrogen-bond acceptors (Lipinski definition) is 5. The number of rotatable bonds is 7. The molecule has 0 fully saturated rings. The highest BCUT2D eigenvalue weighted by molar-refractivity contribution is 5.86. The van der Waals surface area contributed by atoms with E-state index in [0.29, 0.717) is 11.3 Å². The van der Waals surface area contributed by atoms with Crippen molar-refractivity contribution in [1.29, 1.82) is 5.26 Å². The molecular formula is C14H16N2O5. The van der Waals surface area contributed by atoms with Gasteiger partial charge in [-0.25, -0.2) is 4.79 Å². The van der Waals surface area contributed by atoms with E-state index in [1.165, 1.54) is 14.0 Å². The highest BCUT2D eigenvalue weighted by atomic mass is 16.5. The third-order valence-electron chi connectivity index (χ3n) is 2.61. The van der Waals surface area contributed by atoms with Crippen molar-refractivity contribution in [2.75, 3.05) is 13.7 Å². The van der Waals surface area contributed by atoms with E-state index in [0.717, 1.165) is 0 Å². The fourth-order valence-corrected chi connectivity index (χ4v) is 1.50. The van der Waals surface area contributed by atoms with E-state index in [4.69, 9.17) is 19.8 Å². The van der Waals surface area contributed by atoms with Crippen LogP contribution in [-0.2, 0) is 14.3 Å². The first-order valence-electron chi connectivity index (χ1n) is 6.17. The van der Waals surface area contributed by atoms with Gasteiger partial charge in [0.2, 0.25) is 0 Å². The monoisotopic (exact) mass is 292 g/mol. The molecule has 0 aromatic heterocycles. The summed E-state index contributed by atoms with van der Waals surface area (Å²) in [6.45, 7) is 1.36. The van der Waals surface area contributed by atoms with Crippen molar-refractivity contribution in [1.82, 2.24) is 5.32 Å². The van der Waals surface area contributed by atoms with E-state index in [9.17, 15) is 9.59 Å². The summed E-state index contributed by atoms with van der Waals surface area (Å²) in [4.78, 5) is 22.8. The Hall–Kier alpha value is -2.59. The van der Waals surface area contributed by atoms with Crippen LogP contribution >= 0.6 is 0 Å². The van der Waals surface area contributed by atoms with Crippen molar-refractivity contribution >= 4 is 11.9 Å². The zero-order chi connectivity index (χ0) is 15.8. The molecule has 2 atom stereocenters. The molecule has 1 amide bonds. The molecule has 0 aliphatic rings. The number of methoxy groups -OCH3 is 1. The van der Waals surface area contributed by atoms with Crippen molar-refractivity contribution in [2.45, 2.75) is 19.1 Å². The van der Waals surface area contributed by atoms with Gasteiger partial charge in [-0.3, -0.25) is 4.79 Å². The lowest BCUT2D eigenvalue weighted by molar-refractivity contribution is -0.144. The van der Waals surface area contributed by atoms with Gasteiger partial charge in [-0.05, 0) is 31.2 Å². The van der Waals surface area contributed by atoms with Crippen LogP contribution in [0, 0.1) is 11.3 Å². The van der Waals surface area contributed by atoms with Crippen LogP contribution in [0.15, 0.2) is 24.3 Å². The highest BCUT2D eigenvalue weighted by Gasteiger charge is 2.23. The molecule has 1 aromatic carbocycles. The minimum Gasteiger partial charge on any atom is -0.481 e. The van der Waals surface area contributed by atoms with Crippen LogP contribution in [0.3, 0.4) is 0 Å². The van der Waals surface area contributed by atoms with E-state index in [1.54, 1.807) is 24.3 Å². The number of ether oxygens (including phenoxy) is 2. The van der Waals surface area contributed by atoms with E-state index in [-0.39, 0.29) is 6.61 Å². The van der Waals surface area contributed by atoms with E-state index >= 15 is 0 Å². The number of carboxylic acids is 1. The summed E-state index contributed by atoms with van der Waals surface area (Å²) in [7, 11) is 1.35. The number of carboxylic acid groups (broad SMARTS) is 1. The van der Waals surface area contributed by atoms with Gasteiger partial charge in [0.15, 0.2) is 12.1 Å². The number of aliphatic carboxylic acids is 1. The molecule has 0 spiro atoms. The van der Waals surface area contributed by atoms with Crippen LogP contribution in [0.1, 0.15) is 12.5 Å². The van der Waals surface area contributed by atoms with Crippen LogP contribution in [-0.4, -0.2) is 42.8 Å². The third-order valence-corrected chi connectivity index (χ3v) is 2.61. The van der Waals surface area contributed by atoms with Crippen LogP contribution < -0.4 is 10.1 Å². The average Bonchev–Trinajstić information content (AvgIpc) is 2.47. The molecule has 2 N–H and O–H groups in total. The Kier molecular flexibility index (Phi) is 6.17. The first-order valence-corrected chi connectivity index (χ1v) is 6.17. The number of benzene rings is 1. The number of nitriles is 1. The van der Waals surface area contributed by atoms with Crippen molar-refractivity contribution in [2.24, 2.45) is 0 Å². The lowest BCUT2D eigenvalue weighted by atomic mass is 10.2. The van der Waals surface area contributed by atoms with Gasteiger partial charge >= 0.3 is 5.97 Å². The molecule has 2 unspecified atom stereocenters. The second kappa shape index (κ2) is 7.87. The van der Waals surface area contributed by atoms with Crippen molar-refractivity contribution in [3.8, 4) is 11.8 Å². The largest absolute Gasteiger partial charge is 0.481 e. The second-order valence-electron chi connectivity index (χ2n) is 4.25. The van der Waals surface area contributed by atoms with Crippen LogP contribution in [0.25, 0.3) is 0 Å². The van der Waals surface area contributed by atoms with Crippen molar-refractivity contribution in [3.63, 3.8) is 0 Å². The molecule has 0 saturated heterocycles. The molecule has 21 heavy (non-hydrogen) atoms. The molecule has 7 heteroatoms. The summed E-state index contributed by atoms with van der Waals surface area (Å²) in [5, 5.41) is 19.9. The number of nitrogens with one attached hydrogen (secondary N) is 1. The summed E-state index contributed by atoms with van der Waals surface area (Å²) < 4.78 is 10.1. The van der Waals surface area contributed by atoms with Gasteiger partial charge in [-0.15, -0.1) is 0 Å². The van der Waals surface area contributed by atoms with Gasteiger partial charge in [0.1, 0.15) is 5.75 Å². The van der Waals surface area contributed by atoms with E-state index < -0.39 is 24.0 Å². The molecule has 0 bridgehead atoms. The Morgan fingerprint density at radius 1 is 1.38 bits per heavy atom. The quantitative estimate of drug-likeness (QED) is 0.759. The fourth-order valence-electron chi connectivity index (χ4n) is 1.50. The summed E-state index contributed by atoms with van der Waals surface area (Å²) in [5.41, 5.74) is 0.477. The van der Waals surface area contributed by atoms with Crippen molar-refractivity contribution < 1.29 is 24.2 Å². The van der Waals surface area contributed by atoms with E-state index in [1.807, 2.05) is 6.07 Å². The minimum atomic E-state index is -1.18. The van der Waals surface area contributed by atoms with Crippen LogP contribution in [0.4, 0.5) is 0 Å². The topological polar surface area (TPSA) is 109 Å². The minimum absolute atomic E-state index is 0.134. The first-order chi connectivity index (χ1) is 9.97. The van der Waals surface area contributed by atoms with Gasteiger partial charge in [-0.2, -0.15) is 5.26 Å². The van der Waals surface area contributed by atoms with Gasteiger partial charge in [-0.1, -0.05) is 0 Å². The maximum Gasteiger partial charge on any atom is 0.328 e. The number of carbonyl (C=O) groups excluding carboxylic acids is 1. The predicted molar refractivity (Wildman–Crippen MR) is 72.7 cm³/mol. The van der Waals surface area contributed by atoms with E-state index in [2.05, 4.69) is 5.32 Å². The number of nitrogens with zero attached hydrogens (tertiary/aromatic N) is 1. The zero-order valence-corrected chi connectivity index (χ0v) is 11.7. The molecule has 0 aliphatic heterocycles. The Bertz CT molecular complexity index is 535. The Morgan fingerprint density at radius 2 is 2.00 bits per heavy atom. The normalized spacial score (nSPS) is 12.8. The lowest BCUT2D eigenvalue weighted by Crippen LogP contribution is -2.48. The summed E-state index contributed by atoms with van der Waals surface area (Å²) >= 11 is 0. The Labute approximate surface area is 122 Å². The molecule has 0 saturated carbocycles. The number of hydrogen-bond donors (Lipinski definition) is 2. The van der Waals surface area contributed by atoms with Gasteiger partial charge in [0, 0.05) is 7.11 Å². The van der Waals surface area contributed by atoms with Crippen LogP contribution in [0.2, 0.25) is 0 Å². The molecule has 1 rings (SSSR count). The lowest BCUT2D eigenvalue weighted by Gasteiger charge is -2.18. The molecule has 0 aliphatic carbocycles. The molecule has 112 valence electrons. The van der Waals surface area contributed by atoms with Gasteiger partial charge in [0.05, 0.1) is 18.2 Å². The average molecular weight is 292 g/mol. The fraction of sp³-hybridized carbons (Fsp3) is 0.357. The smallest absolute Gasteiger partial charge is 0.328 e. The highest BCUT2D eigenvalue weighted by Crippen LogP contribution is 2.13. The zero-order valence-electron chi connectivity index (χ0n) is 11.7. The third kappa shape index (κ3) is 5.12. The SMILES string of the molecule is COCC(NC(=O)C(C)Oc1ccc(C#N)cc1)C(=O)O. The predicted octanol–water partition coefficient (Wildman–Crippen LogP) is 0.541. The maximum absolute atomic E-state index is 11.9. The standard InChI is InChI=1S/C14H16N2O5/c1-9(13(17)16-12(8-20-2)14(18)19)21-11-5-3-10(7-15)4-6-11/h3-6,9,12H,8H2,1-2H3,(H,16,17)(H,18,19). The molecular weight excluding hydrogens is 276 g/mol. The number of carbonyl (C=O) groups is 2. The van der Waals surface area contributed by atoms with Gasteiger partial charge < -0.3 is 19.9 Å². The molecule has 0 radical (unpaired) electrons. The van der Waals surface area contributed by atoms with Crippen molar-refractivity contribution in [3.05, 3.63) is 29.8 Å². The molecule has 7 nitrogen and oxygen atoms in total. The Morgan fingerprint density at radius 3 is 2.48 bits per heavy atom. The summed E-state index contributed by atoms with van der Waals surface area (Å²) in [6.07, 6.45) is -0.878. The molecule has 0 heterocycles. The summed E-state index contributed by atoms with van der Waals surface area (Å²) in [6, 6.07) is 7.08. The summed E-state index contributed by atoms with van der Waals surface area (Å²) in [5.74, 6) is -1.34. The van der Waals surface area contributed by atoms with Crippen LogP contribution in [0.5, 0.6) is 5.75 Å². The second-order valence-corrected chi connectivity index (χ2v) is 4.25. The molecule has 1 aromatic rings. The Balaban J connectivity index is 2.61. The first kappa shape index (κ1) is 16.5. The number of amides is 1.